The van der Waals surface area contributed by atoms with Crippen molar-refractivity contribution in [3.8, 4) is 0 Å². The van der Waals surface area contributed by atoms with Crippen molar-refractivity contribution in [2.45, 2.75) is 25.7 Å². The van der Waals surface area contributed by atoms with Crippen LogP contribution in [0.5, 0.6) is 0 Å². The quantitative estimate of drug-likeness (QED) is 0.886. The summed E-state index contributed by atoms with van der Waals surface area (Å²) in [5.41, 5.74) is 2.19. The third kappa shape index (κ3) is 3.99. The summed E-state index contributed by atoms with van der Waals surface area (Å²) in [4.78, 5) is 27.0. The number of carbonyl (C=O) groups is 2. The third-order valence-corrected chi connectivity index (χ3v) is 4.96. The summed E-state index contributed by atoms with van der Waals surface area (Å²) in [7, 11) is 0. The van der Waals surface area contributed by atoms with Gasteiger partial charge in [-0.3, -0.25) is 9.59 Å². The van der Waals surface area contributed by atoms with Crippen molar-refractivity contribution in [2.75, 3.05) is 18.0 Å². The second kappa shape index (κ2) is 7.42. The second-order valence-corrected chi connectivity index (χ2v) is 6.64. The van der Waals surface area contributed by atoms with E-state index in [1.54, 1.807) is 16.2 Å². The van der Waals surface area contributed by atoms with E-state index in [1.807, 2.05) is 35.7 Å². The van der Waals surface area contributed by atoms with Crippen molar-refractivity contribution in [1.29, 1.82) is 0 Å². The number of para-hydroxylation sites is 1. The van der Waals surface area contributed by atoms with Gasteiger partial charge in [0, 0.05) is 36.5 Å². The number of fused-ring (bicyclic) bond motifs is 1. The summed E-state index contributed by atoms with van der Waals surface area (Å²) < 4.78 is 0. The number of anilines is 1. The first kappa shape index (κ1) is 15.7. The van der Waals surface area contributed by atoms with Gasteiger partial charge >= 0.3 is 0 Å². The van der Waals surface area contributed by atoms with E-state index >= 15 is 0 Å². The molecule has 1 aliphatic rings. The van der Waals surface area contributed by atoms with Crippen LogP contribution in [0.25, 0.3) is 0 Å². The summed E-state index contributed by atoms with van der Waals surface area (Å²) >= 11 is 1.67. The van der Waals surface area contributed by atoms with E-state index in [0.717, 1.165) is 18.5 Å². The first-order valence-corrected chi connectivity index (χ1v) is 8.79. The van der Waals surface area contributed by atoms with Crippen LogP contribution in [0.1, 0.15) is 23.3 Å². The average molecular weight is 328 g/mol. The topological polar surface area (TPSA) is 49.4 Å². The van der Waals surface area contributed by atoms with Crippen LogP contribution in [0.3, 0.4) is 0 Å². The van der Waals surface area contributed by atoms with Crippen LogP contribution in [-0.2, 0) is 22.4 Å². The van der Waals surface area contributed by atoms with Crippen molar-refractivity contribution in [2.24, 2.45) is 0 Å². The molecule has 0 saturated carbocycles. The lowest BCUT2D eigenvalue weighted by Gasteiger charge is -2.29. The zero-order valence-electron chi connectivity index (χ0n) is 13.0. The summed E-state index contributed by atoms with van der Waals surface area (Å²) in [6.45, 7) is 1.02. The molecule has 0 atom stereocenters. The highest BCUT2D eigenvalue weighted by Gasteiger charge is 2.23. The van der Waals surface area contributed by atoms with Crippen LogP contribution in [0, 0.1) is 0 Å². The lowest BCUT2D eigenvalue weighted by molar-refractivity contribution is -0.121. The minimum atomic E-state index is 0.0381. The maximum atomic E-state index is 12.1. The van der Waals surface area contributed by atoms with E-state index in [2.05, 4.69) is 11.4 Å². The Kier molecular flexibility index (Phi) is 5.08. The van der Waals surface area contributed by atoms with Crippen molar-refractivity contribution >= 4 is 28.8 Å². The molecule has 2 heterocycles. The van der Waals surface area contributed by atoms with Crippen molar-refractivity contribution in [3.05, 3.63) is 52.2 Å². The smallest absolute Gasteiger partial charge is 0.227 e. The molecular formula is C18H20N2O2S. The van der Waals surface area contributed by atoms with Gasteiger partial charge in [-0.05, 0) is 35.9 Å². The molecule has 0 aliphatic carbocycles. The number of aryl methyl sites for hydroxylation is 2. The molecule has 3 rings (SSSR count). The Hall–Kier alpha value is -2.14. The van der Waals surface area contributed by atoms with E-state index in [0.29, 0.717) is 25.9 Å². The molecule has 0 spiro atoms. The molecule has 0 unspecified atom stereocenters. The number of nitrogens with one attached hydrogen (secondary N) is 1. The third-order valence-electron chi connectivity index (χ3n) is 4.03. The zero-order chi connectivity index (χ0) is 16.1. The Morgan fingerprint density at radius 3 is 2.87 bits per heavy atom. The molecule has 0 saturated heterocycles. The van der Waals surface area contributed by atoms with Crippen molar-refractivity contribution < 1.29 is 9.59 Å². The summed E-state index contributed by atoms with van der Waals surface area (Å²) in [6, 6.07) is 12.0. The van der Waals surface area contributed by atoms with Crippen LogP contribution in [0.4, 0.5) is 5.69 Å². The fourth-order valence-corrected chi connectivity index (χ4v) is 3.54. The van der Waals surface area contributed by atoms with E-state index < -0.39 is 0 Å². The van der Waals surface area contributed by atoms with Gasteiger partial charge in [-0.1, -0.05) is 24.3 Å². The number of nitrogens with zero attached hydrogens (tertiary/aromatic N) is 1. The molecule has 1 aromatic carbocycles. The molecule has 2 aromatic rings. The van der Waals surface area contributed by atoms with Gasteiger partial charge < -0.3 is 10.2 Å². The normalized spacial score (nSPS) is 13.7. The molecule has 120 valence electrons. The van der Waals surface area contributed by atoms with Crippen molar-refractivity contribution in [3.63, 3.8) is 0 Å². The molecule has 23 heavy (non-hydrogen) atoms. The standard InChI is InChI=1S/C18H20N2O2S/c21-17(9-8-15-5-3-13-23-15)19-11-12-20-16-6-2-1-4-14(16)7-10-18(20)22/h1-6,13H,7-12H2,(H,19,21). The van der Waals surface area contributed by atoms with E-state index in [1.165, 1.54) is 10.4 Å². The van der Waals surface area contributed by atoms with Gasteiger partial charge in [0.25, 0.3) is 0 Å². The molecule has 2 amide bonds. The van der Waals surface area contributed by atoms with Crippen LogP contribution < -0.4 is 10.2 Å². The molecule has 0 bridgehead atoms. The molecular weight excluding hydrogens is 308 g/mol. The Balaban J connectivity index is 1.48. The SMILES string of the molecule is O=C(CCc1cccs1)NCCN1C(=O)CCc2ccccc21. The van der Waals surface area contributed by atoms with Crippen LogP contribution in [0.15, 0.2) is 41.8 Å². The zero-order valence-corrected chi connectivity index (χ0v) is 13.8. The fraction of sp³-hybridized carbons (Fsp3) is 0.333. The molecule has 1 N–H and O–H groups in total. The minimum Gasteiger partial charge on any atom is -0.354 e. The number of thiophene rings is 1. The predicted octanol–water partition coefficient (Wildman–Crippen LogP) is 2.78. The lowest BCUT2D eigenvalue weighted by atomic mass is 10.0. The van der Waals surface area contributed by atoms with E-state index in [4.69, 9.17) is 0 Å². The Morgan fingerprint density at radius 2 is 2.04 bits per heavy atom. The minimum absolute atomic E-state index is 0.0381. The molecule has 0 radical (unpaired) electrons. The predicted molar refractivity (Wildman–Crippen MR) is 92.8 cm³/mol. The lowest BCUT2D eigenvalue weighted by Crippen LogP contribution is -2.41. The van der Waals surface area contributed by atoms with Gasteiger partial charge in [-0.2, -0.15) is 0 Å². The number of hydrogen-bond donors (Lipinski definition) is 1. The molecule has 1 aliphatic heterocycles. The molecule has 0 fully saturated rings. The molecule has 1 aromatic heterocycles. The largest absolute Gasteiger partial charge is 0.354 e. The number of carbonyl (C=O) groups excluding carboxylic acids is 2. The molecule has 5 heteroatoms. The van der Waals surface area contributed by atoms with Gasteiger partial charge in [0.05, 0.1) is 0 Å². The van der Waals surface area contributed by atoms with Gasteiger partial charge in [0.15, 0.2) is 0 Å². The van der Waals surface area contributed by atoms with Gasteiger partial charge in [-0.25, -0.2) is 0 Å². The van der Waals surface area contributed by atoms with Gasteiger partial charge in [0.2, 0.25) is 11.8 Å². The summed E-state index contributed by atoms with van der Waals surface area (Å²) in [5.74, 6) is 0.174. The second-order valence-electron chi connectivity index (χ2n) is 5.60. The highest BCUT2D eigenvalue weighted by atomic mass is 32.1. The number of hydrogen-bond acceptors (Lipinski definition) is 3. The maximum absolute atomic E-state index is 12.1. The summed E-state index contributed by atoms with van der Waals surface area (Å²) in [5, 5.41) is 4.94. The Bertz CT molecular complexity index is 682. The van der Waals surface area contributed by atoms with Crippen LogP contribution in [-0.4, -0.2) is 24.9 Å². The number of benzene rings is 1. The Labute approximate surface area is 140 Å². The first-order chi connectivity index (χ1) is 11.2. The Morgan fingerprint density at radius 1 is 1.17 bits per heavy atom. The van der Waals surface area contributed by atoms with Crippen LogP contribution >= 0.6 is 11.3 Å². The fourth-order valence-electron chi connectivity index (χ4n) is 2.83. The van der Waals surface area contributed by atoms with Crippen molar-refractivity contribution in [1.82, 2.24) is 5.32 Å². The molecule has 4 nitrogen and oxygen atoms in total. The first-order valence-electron chi connectivity index (χ1n) is 7.91. The maximum Gasteiger partial charge on any atom is 0.227 e. The average Bonchev–Trinajstić information content (AvgIpc) is 3.08. The number of rotatable bonds is 6. The monoisotopic (exact) mass is 328 g/mol. The van der Waals surface area contributed by atoms with Gasteiger partial charge in [-0.15, -0.1) is 11.3 Å². The highest BCUT2D eigenvalue weighted by Crippen LogP contribution is 2.26. The van der Waals surface area contributed by atoms with Crippen LogP contribution in [0.2, 0.25) is 0 Å². The summed E-state index contributed by atoms with van der Waals surface area (Å²) in [6.07, 6.45) is 2.61. The highest BCUT2D eigenvalue weighted by molar-refractivity contribution is 7.09. The van der Waals surface area contributed by atoms with E-state index in [9.17, 15) is 9.59 Å². The number of amides is 2. The van der Waals surface area contributed by atoms with Gasteiger partial charge in [0.1, 0.15) is 0 Å². The van der Waals surface area contributed by atoms with E-state index in [-0.39, 0.29) is 11.8 Å².